The summed E-state index contributed by atoms with van der Waals surface area (Å²) in [6, 6.07) is 17.0. The van der Waals surface area contributed by atoms with Crippen LogP contribution in [0.4, 0.5) is 11.4 Å². The fourth-order valence-electron chi connectivity index (χ4n) is 5.40. The number of aromatic nitrogens is 3. The van der Waals surface area contributed by atoms with E-state index in [2.05, 4.69) is 56.4 Å². The Morgan fingerprint density at radius 2 is 1.55 bits per heavy atom. The minimum Gasteiger partial charge on any atom is -0.491 e. The summed E-state index contributed by atoms with van der Waals surface area (Å²) in [5, 5.41) is 8.46. The van der Waals surface area contributed by atoms with Crippen LogP contribution >= 0.6 is 0 Å². The second-order valence-electron chi connectivity index (χ2n) is 10.3. The molecule has 1 aromatic heterocycles. The van der Waals surface area contributed by atoms with Gasteiger partial charge in [-0.1, -0.05) is 12.1 Å². The molecule has 0 radical (unpaired) electrons. The van der Waals surface area contributed by atoms with E-state index >= 15 is 0 Å². The van der Waals surface area contributed by atoms with E-state index in [1.807, 2.05) is 12.1 Å². The Hall–Kier alpha value is -3.43. The SMILES string of the molecule is O=CCCc1ccc(N2CCN(c3ccc(OCC4COC(Cn5nccn5)(C5CC5)O4)cc3)CC2)cc1. The number of hydrogen-bond acceptors (Lipinski definition) is 8. The fourth-order valence-corrected chi connectivity index (χ4v) is 5.40. The number of aldehydes is 1. The van der Waals surface area contributed by atoms with E-state index in [4.69, 9.17) is 14.2 Å². The third kappa shape index (κ3) is 5.68. The van der Waals surface area contributed by atoms with Gasteiger partial charge in [-0.15, -0.1) is 0 Å². The van der Waals surface area contributed by atoms with Crippen LogP contribution in [-0.4, -0.2) is 72.6 Å². The van der Waals surface area contributed by atoms with E-state index in [1.165, 1.54) is 16.9 Å². The lowest BCUT2D eigenvalue weighted by atomic mass is 10.1. The molecule has 38 heavy (non-hydrogen) atoms. The van der Waals surface area contributed by atoms with E-state index in [0.29, 0.717) is 32.1 Å². The number of nitrogens with zero attached hydrogens (tertiary/aromatic N) is 5. The van der Waals surface area contributed by atoms with Gasteiger partial charge in [-0.25, -0.2) is 0 Å². The van der Waals surface area contributed by atoms with Crippen LogP contribution < -0.4 is 14.5 Å². The number of piperazine rings is 1. The topological polar surface area (TPSA) is 82.0 Å². The van der Waals surface area contributed by atoms with Crippen molar-refractivity contribution in [2.75, 3.05) is 49.2 Å². The van der Waals surface area contributed by atoms with Gasteiger partial charge in [0.15, 0.2) is 5.79 Å². The van der Waals surface area contributed by atoms with Crippen LogP contribution in [0.5, 0.6) is 5.75 Å². The molecule has 1 saturated carbocycles. The first-order valence-electron chi connectivity index (χ1n) is 13.6. The highest BCUT2D eigenvalue weighted by Crippen LogP contribution is 2.46. The second-order valence-corrected chi connectivity index (χ2v) is 10.3. The van der Waals surface area contributed by atoms with Crippen molar-refractivity contribution in [1.29, 1.82) is 0 Å². The summed E-state index contributed by atoms with van der Waals surface area (Å²) >= 11 is 0. The maximum atomic E-state index is 10.6. The van der Waals surface area contributed by atoms with E-state index in [9.17, 15) is 4.79 Å². The van der Waals surface area contributed by atoms with Gasteiger partial charge in [-0.05, 0) is 61.2 Å². The van der Waals surface area contributed by atoms with Gasteiger partial charge >= 0.3 is 0 Å². The third-order valence-electron chi connectivity index (χ3n) is 7.68. The first-order valence-corrected chi connectivity index (χ1v) is 13.6. The van der Waals surface area contributed by atoms with Gasteiger partial charge in [0.05, 0.1) is 19.0 Å². The summed E-state index contributed by atoms with van der Waals surface area (Å²) in [5.74, 6) is 0.589. The van der Waals surface area contributed by atoms with Gasteiger partial charge in [0.1, 0.15) is 31.3 Å². The molecule has 3 fully saturated rings. The van der Waals surface area contributed by atoms with Crippen molar-refractivity contribution < 1.29 is 19.0 Å². The molecule has 9 heteroatoms. The highest BCUT2D eigenvalue weighted by molar-refractivity contribution is 5.54. The van der Waals surface area contributed by atoms with Crippen molar-refractivity contribution in [3.8, 4) is 5.75 Å². The lowest BCUT2D eigenvalue weighted by molar-refractivity contribution is -0.198. The maximum absolute atomic E-state index is 10.6. The number of carbonyl (C=O) groups is 1. The van der Waals surface area contributed by atoms with Crippen molar-refractivity contribution in [2.45, 2.75) is 44.1 Å². The van der Waals surface area contributed by atoms with Gasteiger partial charge in [-0.3, -0.25) is 0 Å². The third-order valence-corrected chi connectivity index (χ3v) is 7.68. The van der Waals surface area contributed by atoms with Crippen molar-refractivity contribution in [3.63, 3.8) is 0 Å². The average molecular weight is 518 g/mol. The molecule has 3 aromatic rings. The molecule has 0 spiro atoms. The van der Waals surface area contributed by atoms with Crippen molar-refractivity contribution >= 4 is 17.7 Å². The Morgan fingerprint density at radius 1 is 0.921 bits per heavy atom. The predicted octanol–water partition coefficient (Wildman–Crippen LogP) is 3.34. The normalized spacial score (nSPS) is 23.5. The standard InChI is InChI=1S/C29H35N5O4/c35-19-1-2-23-3-7-25(8-4-23)32-15-17-33(18-16-32)26-9-11-27(12-10-26)36-20-28-21-37-29(38-28,24-5-6-24)22-34-30-13-14-31-34/h3-4,7-14,19,24,28H,1-2,5-6,15-18,20-22H2. The maximum Gasteiger partial charge on any atom is 0.193 e. The lowest BCUT2D eigenvalue weighted by Crippen LogP contribution is -2.46. The minimum atomic E-state index is -0.641. The smallest absolute Gasteiger partial charge is 0.193 e. The van der Waals surface area contributed by atoms with Gasteiger partial charge in [-0.2, -0.15) is 15.0 Å². The highest BCUT2D eigenvalue weighted by Gasteiger charge is 2.53. The highest BCUT2D eigenvalue weighted by atomic mass is 16.8. The van der Waals surface area contributed by atoms with E-state index in [-0.39, 0.29) is 6.10 Å². The van der Waals surface area contributed by atoms with Gasteiger partial charge in [0.25, 0.3) is 0 Å². The van der Waals surface area contributed by atoms with Crippen molar-refractivity contribution in [3.05, 3.63) is 66.5 Å². The van der Waals surface area contributed by atoms with Crippen LogP contribution in [0.2, 0.25) is 0 Å². The first-order chi connectivity index (χ1) is 18.7. The van der Waals surface area contributed by atoms with E-state index < -0.39 is 5.79 Å². The summed E-state index contributed by atoms with van der Waals surface area (Å²) in [6.45, 7) is 5.36. The zero-order valence-corrected chi connectivity index (χ0v) is 21.7. The first kappa shape index (κ1) is 24.9. The Labute approximate surface area is 223 Å². The summed E-state index contributed by atoms with van der Waals surface area (Å²) in [4.78, 5) is 17.1. The monoisotopic (exact) mass is 517 g/mol. The second kappa shape index (κ2) is 11.1. The number of ether oxygens (including phenoxy) is 3. The Bertz CT molecular complexity index is 1170. The largest absolute Gasteiger partial charge is 0.491 e. The van der Waals surface area contributed by atoms with Gasteiger partial charge in [0, 0.05) is 49.9 Å². The van der Waals surface area contributed by atoms with Crippen LogP contribution in [0.3, 0.4) is 0 Å². The van der Waals surface area contributed by atoms with E-state index in [1.54, 1.807) is 17.2 Å². The number of anilines is 2. The molecular formula is C29H35N5O4. The molecule has 2 aliphatic heterocycles. The van der Waals surface area contributed by atoms with Crippen LogP contribution in [0.15, 0.2) is 60.9 Å². The van der Waals surface area contributed by atoms with Crippen LogP contribution in [0.1, 0.15) is 24.8 Å². The zero-order valence-electron chi connectivity index (χ0n) is 21.7. The molecule has 200 valence electrons. The number of aryl methyl sites for hydroxylation is 1. The van der Waals surface area contributed by atoms with Gasteiger partial charge in [0.2, 0.25) is 0 Å². The number of rotatable bonds is 11. The number of benzene rings is 2. The Kier molecular flexibility index (Phi) is 7.29. The van der Waals surface area contributed by atoms with Crippen LogP contribution in [0.25, 0.3) is 0 Å². The summed E-state index contributed by atoms with van der Waals surface area (Å²) in [7, 11) is 0. The summed E-state index contributed by atoms with van der Waals surface area (Å²) in [5.41, 5.74) is 3.66. The van der Waals surface area contributed by atoms with Crippen molar-refractivity contribution in [1.82, 2.24) is 15.0 Å². The molecule has 3 heterocycles. The molecule has 0 bridgehead atoms. The summed E-state index contributed by atoms with van der Waals surface area (Å²) in [6.07, 6.45) is 7.83. The molecule has 2 unspecified atom stereocenters. The lowest BCUT2D eigenvalue weighted by Gasteiger charge is -2.37. The molecule has 3 aliphatic rings. The van der Waals surface area contributed by atoms with Crippen LogP contribution in [0, 0.1) is 5.92 Å². The Balaban J connectivity index is 0.972. The number of carbonyl (C=O) groups excluding carboxylic acids is 1. The molecule has 1 aliphatic carbocycles. The Morgan fingerprint density at radius 3 is 2.16 bits per heavy atom. The van der Waals surface area contributed by atoms with Gasteiger partial charge < -0.3 is 28.8 Å². The molecule has 2 aromatic carbocycles. The zero-order chi connectivity index (χ0) is 25.8. The summed E-state index contributed by atoms with van der Waals surface area (Å²) < 4.78 is 18.6. The van der Waals surface area contributed by atoms with E-state index in [0.717, 1.165) is 57.5 Å². The minimum absolute atomic E-state index is 0.113. The van der Waals surface area contributed by atoms with Crippen molar-refractivity contribution in [2.24, 2.45) is 5.92 Å². The molecule has 9 nitrogen and oxygen atoms in total. The average Bonchev–Trinajstić information content (AvgIpc) is 3.57. The molecule has 2 atom stereocenters. The predicted molar refractivity (Wildman–Crippen MR) is 143 cm³/mol. The fraction of sp³-hybridized carbons (Fsp3) is 0.483. The molecule has 0 amide bonds. The molecule has 2 saturated heterocycles. The number of hydrogen-bond donors (Lipinski definition) is 0. The quantitative estimate of drug-likeness (QED) is 0.358. The molecule has 6 rings (SSSR count). The molecule has 0 N–H and O–H groups in total. The molecular weight excluding hydrogens is 482 g/mol. The van der Waals surface area contributed by atoms with Crippen LogP contribution in [-0.2, 0) is 27.2 Å².